The Balaban J connectivity index is 0.000000720. The predicted octanol–water partition coefficient (Wildman–Crippen LogP) is 3.11. The van der Waals surface area contributed by atoms with Crippen molar-refractivity contribution in [1.82, 2.24) is 4.98 Å². The Labute approximate surface area is 89.1 Å². The molecule has 0 unspecified atom stereocenters. The summed E-state index contributed by atoms with van der Waals surface area (Å²) in [6.07, 6.45) is 0. The molecule has 5 heteroatoms. The van der Waals surface area contributed by atoms with E-state index in [9.17, 15) is 0 Å². The lowest BCUT2D eigenvalue weighted by Crippen LogP contribution is -1.78. The molecular formula is C7H6BrClN2S. The minimum absolute atomic E-state index is 0. The van der Waals surface area contributed by atoms with Gasteiger partial charge in [0, 0.05) is 5.02 Å². The summed E-state index contributed by atoms with van der Waals surface area (Å²) in [4.78, 5) is 4.09. The van der Waals surface area contributed by atoms with Crippen LogP contribution in [-0.4, -0.2) is 4.98 Å². The molecule has 2 aromatic rings. The third-order valence-electron chi connectivity index (χ3n) is 1.37. The van der Waals surface area contributed by atoms with Crippen molar-refractivity contribution in [3.63, 3.8) is 0 Å². The lowest BCUT2D eigenvalue weighted by atomic mass is 10.3. The second-order valence-corrected chi connectivity index (χ2v) is 3.66. The van der Waals surface area contributed by atoms with Crippen LogP contribution in [0.4, 0.5) is 5.13 Å². The molecule has 2 rings (SSSR count). The molecule has 0 fully saturated rings. The van der Waals surface area contributed by atoms with Crippen molar-refractivity contribution < 1.29 is 0 Å². The number of aromatic nitrogens is 1. The van der Waals surface area contributed by atoms with E-state index in [1.54, 1.807) is 0 Å². The van der Waals surface area contributed by atoms with E-state index < -0.39 is 0 Å². The van der Waals surface area contributed by atoms with Gasteiger partial charge in [0.05, 0.1) is 10.2 Å². The van der Waals surface area contributed by atoms with Gasteiger partial charge in [-0.1, -0.05) is 22.9 Å². The van der Waals surface area contributed by atoms with Gasteiger partial charge in [-0.15, -0.1) is 17.0 Å². The number of thiazole rings is 1. The number of rotatable bonds is 0. The highest BCUT2D eigenvalue weighted by molar-refractivity contribution is 8.93. The average Bonchev–Trinajstić information content (AvgIpc) is 2.27. The van der Waals surface area contributed by atoms with E-state index in [0.29, 0.717) is 5.13 Å². The number of nitrogens with zero attached hydrogens (tertiary/aromatic N) is 1. The van der Waals surface area contributed by atoms with Crippen molar-refractivity contribution in [2.75, 3.05) is 5.73 Å². The van der Waals surface area contributed by atoms with Crippen LogP contribution in [0.2, 0.25) is 5.02 Å². The standard InChI is InChI=1S/C7H5ClN2S.BrH/c8-4-1-2-5-6(3-4)11-7(9)10-5;/h1-3H,(H2,9,10);1H. The monoisotopic (exact) mass is 264 g/mol. The van der Waals surface area contributed by atoms with Crippen molar-refractivity contribution in [2.45, 2.75) is 0 Å². The summed E-state index contributed by atoms with van der Waals surface area (Å²) in [5.41, 5.74) is 6.42. The number of anilines is 1. The van der Waals surface area contributed by atoms with Crippen molar-refractivity contribution in [1.29, 1.82) is 0 Å². The zero-order valence-corrected chi connectivity index (χ0v) is 9.24. The molecule has 0 aliphatic rings. The number of nitrogen functional groups attached to an aromatic ring is 1. The first-order chi connectivity index (χ1) is 5.25. The molecule has 0 bridgehead atoms. The van der Waals surface area contributed by atoms with Crippen LogP contribution in [0.5, 0.6) is 0 Å². The fourth-order valence-corrected chi connectivity index (χ4v) is 1.93. The number of halogens is 2. The third-order valence-corrected chi connectivity index (χ3v) is 2.45. The smallest absolute Gasteiger partial charge is 0.181 e. The maximum atomic E-state index is 5.77. The second-order valence-electron chi connectivity index (χ2n) is 2.16. The summed E-state index contributed by atoms with van der Waals surface area (Å²) in [5, 5.41) is 1.31. The van der Waals surface area contributed by atoms with Gasteiger partial charge in [0.15, 0.2) is 5.13 Å². The maximum absolute atomic E-state index is 5.77. The topological polar surface area (TPSA) is 38.9 Å². The minimum Gasteiger partial charge on any atom is -0.375 e. The van der Waals surface area contributed by atoms with Crippen LogP contribution in [0.3, 0.4) is 0 Å². The molecule has 2 nitrogen and oxygen atoms in total. The molecule has 12 heavy (non-hydrogen) atoms. The Morgan fingerprint density at radius 2 is 2.17 bits per heavy atom. The largest absolute Gasteiger partial charge is 0.375 e. The highest BCUT2D eigenvalue weighted by atomic mass is 79.9. The Kier molecular flexibility index (Phi) is 2.93. The Bertz CT molecular complexity index is 401. The number of nitrogens with two attached hydrogens (primary N) is 1. The molecule has 0 atom stereocenters. The molecule has 64 valence electrons. The molecular weight excluding hydrogens is 260 g/mol. The summed E-state index contributed by atoms with van der Waals surface area (Å²) >= 11 is 7.21. The van der Waals surface area contributed by atoms with Crippen molar-refractivity contribution in [3.8, 4) is 0 Å². The van der Waals surface area contributed by atoms with E-state index in [1.807, 2.05) is 18.2 Å². The van der Waals surface area contributed by atoms with E-state index in [4.69, 9.17) is 17.3 Å². The summed E-state index contributed by atoms with van der Waals surface area (Å²) in [6, 6.07) is 5.54. The van der Waals surface area contributed by atoms with E-state index >= 15 is 0 Å². The summed E-state index contributed by atoms with van der Waals surface area (Å²) in [5.74, 6) is 0. The van der Waals surface area contributed by atoms with E-state index in [0.717, 1.165) is 15.2 Å². The molecule has 1 aromatic carbocycles. The van der Waals surface area contributed by atoms with Gasteiger partial charge < -0.3 is 5.73 Å². The van der Waals surface area contributed by atoms with Crippen LogP contribution in [0.25, 0.3) is 10.2 Å². The first kappa shape index (κ1) is 9.77. The van der Waals surface area contributed by atoms with Gasteiger partial charge in [-0.3, -0.25) is 0 Å². The fourth-order valence-electron chi connectivity index (χ4n) is 0.916. The van der Waals surface area contributed by atoms with Crippen LogP contribution in [0, 0.1) is 0 Å². The normalized spacial score (nSPS) is 9.75. The Morgan fingerprint density at radius 3 is 2.92 bits per heavy atom. The number of hydrogen-bond donors (Lipinski definition) is 1. The quantitative estimate of drug-likeness (QED) is 0.795. The van der Waals surface area contributed by atoms with E-state index in [2.05, 4.69) is 4.98 Å². The highest BCUT2D eigenvalue weighted by Crippen LogP contribution is 2.25. The SMILES string of the molecule is Br.Nc1nc2ccc(Cl)cc2s1. The number of fused-ring (bicyclic) bond motifs is 1. The third kappa shape index (κ3) is 1.71. The van der Waals surface area contributed by atoms with Crippen molar-refractivity contribution in [3.05, 3.63) is 23.2 Å². The number of benzene rings is 1. The van der Waals surface area contributed by atoms with Crippen LogP contribution in [0.1, 0.15) is 0 Å². The van der Waals surface area contributed by atoms with Gasteiger partial charge in [0.1, 0.15) is 0 Å². The molecule has 0 aliphatic heterocycles. The molecule has 1 aromatic heterocycles. The fraction of sp³-hybridized carbons (Fsp3) is 0. The Hall–Kier alpha value is -0.320. The van der Waals surface area contributed by atoms with Crippen molar-refractivity contribution >= 4 is 55.3 Å². The summed E-state index contributed by atoms with van der Waals surface area (Å²) in [7, 11) is 0. The zero-order chi connectivity index (χ0) is 7.84. The maximum Gasteiger partial charge on any atom is 0.181 e. The molecule has 1 heterocycles. The summed E-state index contributed by atoms with van der Waals surface area (Å²) < 4.78 is 1.04. The molecule has 0 saturated carbocycles. The van der Waals surface area contributed by atoms with Gasteiger partial charge in [-0.25, -0.2) is 4.98 Å². The minimum atomic E-state index is 0. The van der Waals surface area contributed by atoms with Gasteiger partial charge in [0.25, 0.3) is 0 Å². The molecule has 0 spiro atoms. The summed E-state index contributed by atoms with van der Waals surface area (Å²) in [6.45, 7) is 0. The first-order valence-corrected chi connectivity index (χ1v) is 4.27. The van der Waals surface area contributed by atoms with Gasteiger partial charge in [0.2, 0.25) is 0 Å². The van der Waals surface area contributed by atoms with Crippen LogP contribution < -0.4 is 5.73 Å². The predicted molar refractivity (Wildman–Crippen MR) is 59.4 cm³/mol. The lowest BCUT2D eigenvalue weighted by Gasteiger charge is -1.86. The first-order valence-electron chi connectivity index (χ1n) is 3.07. The zero-order valence-electron chi connectivity index (χ0n) is 5.95. The van der Waals surface area contributed by atoms with Gasteiger partial charge in [-0.05, 0) is 18.2 Å². The van der Waals surface area contributed by atoms with Crippen molar-refractivity contribution in [2.24, 2.45) is 0 Å². The average molecular weight is 266 g/mol. The van der Waals surface area contributed by atoms with E-state index in [1.165, 1.54) is 11.3 Å². The van der Waals surface area contributed by atoms with Crippen LogP contribution >= 0.6 is 39.9 Å². The molecule has 0 amide bonds. The molecule has 2 N–H and O–H groups in total. The molecule has 0 aliphatic carbocycles. The van der Waals surface area contributed by atoms with Crippen LogP contribution in [0.15, 0.2) is 18.2 Å². The lowest BCUT2D eigenvalue weighted by molar-refractivity contribution is 1.50. The van der Waals surface area contributed by atoms with Gasteiger partial charge in [-0.2, -0.15) is 0 Å². The van der Waals surface area contributed by atoms with Gasteiger partial charge >= 0.3 is 0 Å². The highest BCUT2D eigenvalue weighted by Gasteiger charge is 1.99. The van der Waals surface area contributed by atoms with E-state index in [-0.39, 0.29) is 17.0 Å². The second kappa shape index (κ2) is 3.60. The number of hydrogen-bond acceptors (Lipinski definition) is 3. The molecule has 0 radical (unpaired) electrons. The Morgan fingerprint density at radius 1 is 1.42 bits per heavy atom. The molecule has 0 saturated heterocycles. The van der Waals surface area contributed by atoms with Crippen LogP contribution in [-0.2, 0) is 0 Å².